The van der Waals surface area contributed by atoms with Crippen molar-refractivity contribution >= 4 is 23.6 Å². The van der Waals surface area contributed by atoms with Crippen LogP contribution in [0.5, 0.6) is 5.75 Å². The first-order valence-corrected chi connectivity index (χ1v) is 10.8. The summed E-state index contributed by atoms with van der Waals surface area (Å²) in [5.41, 5.74) is 3.88. The number of aryl methyl sites for hydroxylation is 2. The van der Waals surface area contributed by atoms with Crippen molar-refractivity contribution in [3.05, 3.63) is 65.5 Å². The zero-order valence-corrected chi connectivity index (χ0v) is 18.5. The molecular weight excluding hydrogens is 414 g/mol. The second-order valence-corrected chi connectivity index (χ2v) is 7.82. The molecule has 0 radical (unpaired) electrons. The number of hydrogen-bond acceptors (Lipinski definition) is 6. The SMILES string of the molecule is COc1ccc(C(=O)NCCNC(=O)CSc2nncn2-c2ccc(C)c(C)c2)cc1. The molecule has 0 aliphatic carbocycles. The number of methoxy groups -OCH3 is 1. The van der Waals surface area contributed by atoms with Crippen LogP contribution in [0.1, 0.15) is 21.5 Å². The topological polar surface area (TPSA) is 98.1 Å². The maximum absolute atomic E-state index is 12.2. The molecule has 0 atom stereocenters. The average Bonchev–Trinajstić information content (AvgIpc) is 3.25. The fraction of sp³-hybridized carbons (Fsp3) is 0.273. The van der Waals surface area contributed by atoms with Gasteiger partial charge in [-0.1, -0.05) is 17.8 Å². The van der Waals surface area contributed by atoms with Crippen molar-refractivity contribution in [1.29, 1.82) is 0 Å². The molecule has 2 amide bonds. The fourth-order valence-corrected chi connectivity index (χ4v) is 3.54. The number of hydrogen-bond donors (Lipinski definition) is 2. The number of nitrogens with zero attached hydrogens (tertiary/aromatic N) is 3. The zero-order chi connectivity index (χ0) is 22.2. The van der Waals surface area contributed by atoms with Gasteiger partial charge in [0.15, 0.2) is 5.16 Å². The van der Waals surface area contributed by atoms with Crippen LogP contribution in [-0.2, 0) is 4.79 Å². The second kappa shape index (κ2) is 10.6. The molecule has 0 saturated heterocycles. The zero-order valence-electron chi connectivity index (χ0n) is 17.7. The third-order valence-electron chi connectivity index (χ3n) is 4.70. The maximum atomic E-state index is 12.2. The van der Waals surface area contributed by atoms with Gasteiger partial charge < -0.3 is 15.4 Å². The predicted octanol–water partition coefficient (Wildman–Crippen LogP) is 2.53. The third kappa shape index (κ3) is 6.08. The van der Waals surface area contributed by atoms with Crippen LogP contribution in [0.2, 0.25) is 0 Å². The Morgan fingerprint density at radius 3 is 2.48 bits per heavy atom. The van der Waals surface area contributed by atoms with E-state index in [1.54, 1.807) is 37.7 Å². The molecule has 0 unspecified atom stereocenters. The van der Waals surface area contributed by atoms with Crippen molar-refractivity contribution in [3.63, 3.8) is 0 Å². The Balaban J connectivity index is 1.42. The Kier molecular flexibility index (Phi) is 7.66. The van der Waals surface area contributed by atoms with Gasteiger partial charge in [0, 0.05) is 24.3 Å². The average molecular weight is 440 g/mol. The molecular formula is C22H25N5O3S. The molecule has 2 aromatic carbocycles. The second-order valence-electron chi connectivity index (χ2n) is 6.88. The lowest BCUT2D eigenvalue weighted by molar-refractivity contribution is -0.118. The minimum Gasteiger partial charge on any atom is -0.497 e. The third-order valence-corrected chi connectivity index (χ3v) is 5.65. The Hall–Kier alpha value is -3.33. The Morgan fingerprint density at radius 2 is 1.77 bits per heavy atom. The van der Waals surface area contributed by atoms with E-state index < -0.39 is 0 Å². The molecule has 3 rings (SSSR count). The summed E-state index contributed by atoms with van der Waals surface area (Å²) in [7, 11) is 1.57. The number of rotatable bonds is 9. The first-order valence-electron chi connectivity index (χ1n) is 9.77. The van der Waals surface area contributed by atoms with E-state index in [0.717, 1.165) is 5.69 Å². The highest BCUT2D eigenvalue weighted by Crippen LogP contribution is 2.21. The predicted molar refractivity (Wildman–Crippen MR) is 120 cm³/mol. The Labute approximate surface area is 185 Å². The summed E-state index contributed by atoms with van der Waals surface area (Å²) in [6, 6.07) is 12.9. The number of carbonyl (C=O) groups is 2. The van der Waals surface area contributed by atoms with E-state index in [-0.39, 0.29) is 17.6 Å². The Bertz CT molecular complexity index is 1050. The lowest BCUT2D eigenvalue weighted by Crippen LogP contribution is -2.35. The standard InChI is InChI=1S/C22H25N5O3S/c1-15-4-7-18(12-16(15)2)27-14-25-26-22(27)31-13-20(28)23-10-11-24-21(29)17-5-8-19(30-3)9-6-17/h4-9,12,14H,10-11,13H2,1-3H3,(H,23,28)(H,24,29). The highest BCUT2D eigenvalue weighted by Gasteiger charge is 2.11. The number of thioether (sulfide) groups is 1. The highest BCUT2D eigenvalue weighted by molar-refractivity contribution is 7.99. The van der Waals surface area contributed by atoms with Gasteiger partial charge in [0.2, 0.25) is 5.91 Å². The number of carbonyl (C=O) groups excluding carboxylic acids is 2. The van der Waals surface area contributed by atoms with E-state index in [9.17, 15) is 9.59 Å². The minimum atomic E-state index is -0.201. The number of aromatic nitrogens is 3. The summed E-state index contributed by atoms with van der Waals surface area (Å²) in [5.74, 6) is 0.552. The molecule has 0 saturated carbocycles. The fourth-order valence-electron chi connectivity index (χ4n) is 2.78. The first-order chi connectivity index (χ1) is 15.0. The molecule has 2 N–H and O–H groups in total. The van der Waals surface area contributed by atoms with Crippen molar-refractivity contribution in [2.24, 2.45) is 0 Å². The largest absolute Gasteiger partial charge is 0.497 e. The summed E-state index contributed by atoms with van der Waals surface area (Å²) < 4.78 is 6.94. The van der Waals surface area contributed by atoms with Crippen molar-refractivity contribution in [2.75, 3.05) is 26.0 Å². The number of nitrogens with one attached hydrogen (secondary N) is 2. The van der Waals surface area contributed by atoms with E-state index in [1.807, 2.05) is 16.7 Å². The molecule has 162 valence electrons. The lowest BCUT2D eigenvalue weighted by atomic mass is 10.1. The quantitative estimate of drug-likeness (QED) is 0.393. The summed E-state index contributed by atoms with van der Waals surface area (Å²) in [6.07, 6.45) is 1.64. The molecule has 0 aliphatic rings. The number of amides is 2. The summed E-state index contributed by atoms with van der Waals surface area (Å²) in [6.45, 7) is 4.78. The molecule has 9 heteroatoms. The van der Waals surface area contributed by atoms with Crippen LogP contribution in [-0.4, -0.2) is 52.5 Å². The molecule has 0 bridgehead atoms. The van der Waals surface area contributed by atoms with Crippen molar-refractivity contribution in [1.82, 2.24) is 25.4 Å². The number of benzene rings is 2. The molecule has 1 heterocycles. The molecule has 8 nitrogen and oxygen atoms in total. The van der Waals surface area contributed by atoms with Gasteiger partial charge in [-0.05, 0) is 61.4 Å². The molecule has 0 fully saturated rings. The van der Waals surface area contributed by atoms with Crippen molar-refractivity contribution in [2.45, 2.75) is 19.0 Å². The monoisotopic (exact) mass is 439 g/mol. The number of ether oxygens (including phenoxy) is 1. The smallest absolute Gasteiger partial charge is 0.251 e. The summed E-state index contributed by atoms with van der Waals surface area (Å²) >= 11 is 1.31. The van der Waals surface area contributed by atoms with E-state index in [4.69, 9.17) is 4.74 Å². The van der Waals surface area contributed by atoms with Gasteiger partial charge in [-0.25, -0.2) is 0 Å². The van der Waals surface area contributed by atoms with Gasteiger partial charge in [0.05, 0.1) is 12.9 Å². The van der Waals surface area contributed by atoms with E-state index in [0.29, 0.717) is 29.6 Å². The van der Waals surface area contributed by atoms with E-state index >= 15 is 0 Å². The first kappa shape index (κ1) is 22.4. The molecule has 3 aromatic rings. The highest BCUT2D eigenvalue weighted by atomic mass is 32.2. The summed E-state index contributed by atoms with van der Waals surface area (Å²) in [5, 5.41) is 14.3. The van der Waals surface area contributed by atoms with Gasteiger partial charge in [-0.3, -0.25) is 14.2 Å². The normalized spacial score (nSPS) is 10.5. The maximum Gasteiger partial charge on any atom is 0.251 e. The Morgan fingerprint density at radius 1 is 1.03 bits per heavy atom. The van der Waals surface area contributed by atoms with Crippen LogP contribution >= 0.6 is 11.8 Å². The van der Waals surface area contributed by atoms with Gasteiger partial charge in [0.25, 0.3) is 5.91 Å². The van der Waals surface area contributed by atoms with Crippen molar-refractivity contribution < 1.29 is 14.3 Å². The van der Waals surface area contributed by atoms with Gasteiger partial charge in [-0.15, -0.1) is 10.2 Å². The van der Waals surface area contributed by atoms with Crippen LogP contribution < -0.4 is 15.4 Å². The molecule has 0 aliphatic heterocycles. The minimum absolute atomic E-state index is 0.140. The van der Waals surface area contributed by atoms with E-state index in [2.05, 4.69) is 40.7 Å². The van der Waals surface area contributed by atoms with Crippen LogP contribution in [0, 0.1) is 13.8 Å². The van der Waals surface area contributed by atoms with Gasteiger partial charge >= 0.3 is 0 Å². The van der Waals surface area contributed by atoms with Gasteiger partial charge in [-0.2, -0.15) is 0 Å². The van der Waals surface area contributed by atoms with Crippen LogP contribution in [0.25, 0.3) is 5.69 Å². The molecule has 31 heavy (non-hydrogen) atoms. The lowest BCUT2D eigenvalue weighted by Gasteiger charge is -2.09. The summed E-state index contributed by atoms with van der Waals surface area (Å²) in [4.78, 5) is 24.3. The van der Waals surface area contributed by atoms with Crippen LogP contribution in [0.15, 0.2) is 53.9 Å². The van der Waals surface area contributed by atoms with Crippen molar-refractivity contribution in [3.8, 4) is 11.4 Å². The van der Waals surface area contributed by atoms with Crippen LogP contribution in [0.4, 0.5) is 0 Å². The molecule has 0 spiro atoms. The van der Waals surface area contributed by atoms with E-state index in [1.165, 1.54) is 22.9 Å². The van der Waals surface area contributed by atoms with Gasteiger partial charge in [0.1, 0.15) is 12.1 Å². The molecule has 1 aromatic heterocycles. The van der Waals surface area contributed by atoms with Crippen LogP contribution in [0.3, 0.4) is 0 Å².